The second kappa shape index (κ2) is 4.76. The monoisotopic (exact) mass is 241 g/mol. The van der Waals surface area contributed by atoms with Crippen molar-refractivity contribution < 1.29 is 20.1 Å². The highest BCUT2D eigenvalue weighted by atomic mass is 16.3. The van der Waals surface area contributed by atoms with Crippen molar-refractivity contribution in [3.8, 4) is 0 Å². The highest BCUT2D eigenvalue weighted by Crippen LogP contribution is 2.43. The van der Waals surface area contributed by atoms with Gasteiger partial charge >= 0.3 is 0 Å². The second-order valence-electron chi connectivity index (χ2n) is 5.13. The van der Waals surface area contributed by atoms with Crippen LogP contribution < -0.4 is 5.32 Å². The fourth-order valence-electron chi connectivity index (χ4n) is 2.70. The lowest BCUT2D eigenvalue weighted by atomic mass is 9.91. The van der Waals surface area contributed by atoms with E-state index in [4.69, 9.17) is 15.3 Å². The van der Waals surface area contributed by atoms with E-state index < -0.39 is 25.4 Å². The molecule has 2 aliphatic rings. The van der Waals surface area contributed by atoms with E-state index in [1.807, 2.05) is 0 Å². The number of amides is 1. The van der Waals surface area contributed by atoms with Crippen LogP contribution in [0.1, 0.15) is 12.8 Å². The smallest absolute Gasteiger partial charge is 0.224 e. The number of aliphatic hydroxyl groups excluding tert-OH is 3. The summed E-state index contributed by atoms with van der Waals surface area (Å²) in [6, 6.07) is 0. The third-order valence-electron chi connectivity index (χ3n) is 3.91. The van der Waals surface area contributed by atoms with Crippen LogP contribution in [0.4, 0.5) is 0 Å². The minimum absolute atomic E-state index is 0.0889. The Kier molecular flexibility index (Phi) is 3.51. The van der Waals surface area contributed by atoms with Gasteiger partial charge in [0.05, 0.1) is 19.8 Å². The summed E-state index contributed by atoms with van der Waals surface area (Å²) >= 11 is 0. The van der Waals surface area contributed by atoms with Crippen LogP contribution in [-0.2, 0) is 4.79 Å². The van der Waals surface area contributed by atoms with Gasteiger partial charge in [-0.1, -0.05) is 12.2 Å². The highest BCUT2D eigenvalue weighted by molar-refractivity contribution is 5.80. The molecule has 4 N–H and O–H groups in total. The Hall–Kier alpha value is -0.910. The van der Waals surface area contributed by atoms with Gasteiger partial charge in [0.15, 0.2) is 0 Å². The van der Waals surface area contributed by atoms with E-state index in [0.717, 1.165) is 12.8 Å². The number of hydrogen-bond acceptors (Lipinski definition) is 4. The summed E-state index contributed by atoms with van der Waals surface area (Å²) < 4.78 is 0. The molecule has 2 rings (SSSR count). The van der Waals surface area contributed by atoms with Crippen molar-refractivity contribution in [2.45, 2.75) is 18.4 Å². The molecule has 2 bridgehead atoms. The average Bonchev–Trinajstić information content (AvgIpc) is 2.98. The molecule has 0 aromatic rings. The number of allylic oxidation sites excluding steroid dienone is 2. The first kappa shape index (κ1) is 12.5. The van der Waals surface area contributed by atoms with Crippen molar-refractivity contribution in [1.29, 1.82) is 0 Å². The zero-order valence-corrected chi connectivity index (χ0v) is 9.67. The van der Waals surface area contributed by atoms with E-state index in [9.17, 15) is 4.79 Å². The summed E-state index contributed by atoms with van der Waals surface area (Å²) in [5.74, 6) is 0.490. The molecule has 3 unspecified atom stereocenters. The van der Waals surface area contributed by atoms with Crippen LogP contribution in [0.5, 0.6) is 0 Å². The molecule has 2 aliphatic carbocycles. The van der Waals surface area contributed by atoms with Gasteiger partial charge in [0.25, 0.3) is 0 Å². The zero-order valence-electron chi connectivity index (χ0n) is 9.67. The number of carbonyl (C=O) groups is 1. The normalized spacial score (nSPS) is 30.9. The number of carbonyl (C=O) groups excluding carboxylic acids is 1. The van der Waals surface area contributed by atoms with Gasteiger partial charge in [-0.25, -0.2) is 0 Å². The van der Waals surface area contributed by atoms with Crippen LogP contribution >= 0.6 is 0 Å². The molecule has 0 saturated heterocycles. The summed E-state index contributed by atoms with van der Waals surface area (Å²) in [7, 11) is 0. The summed E-state index contributed by atoms with van der Waals surface area (Å²) in [4.78, 5) is 12.0. The molecule has 17 heavy (non-hydrogen) atoms. The van der Waals surface area contributed by atoms with E-state index in [1.165, 1.54) is 0 Å². The maximum absolute atomic E-state index is 12.0. The first-order valence-corrected chi connectivity index (χ1v) is 5.97. The molecule has 0 aliphatic heterocycles. The molecule has 1 amide bonds. The quantitative estimate of drug-likeness (QED) is 0.466. The number of hydrogen-bond donors (Lipinski definition) is 4. The summed E-state index contributed by atoms with van der Waals surface area (Å²) in [6.07, 6.45) is 6.05. The predicted molar refractivity (Wildman–Crippen MR) is 61.0 cm³/mol. The third kappa shape index (κ3) is 2.22. The van der Waals surface area contributed by atoms with Crippen LogP contribution in [-0.4, -0.2) is 46.6 Å². The molecule has 96 valence electrons. The maximum atomic E-state index is 12.0. The van der Waals surface area contributed by atoms with Crippen molar-refractivity contribution in [1.82, 2.24) is 5.32 Å². The van der Waals surface area contributed by atoms with Crippen LogP contribution in [0.25, 0.3) is 0 Å². The van der Waals surface area contributed by atoms with Gasteiger partial charge in [0.1, 0.15) is 5.54 Å². The lowest BCUT2D eigenvalue weighted by Gasteiger charge is -2.31. The van der Waals surface area contributed by atoms with E-state index in [-0.39, 0.29) is 17.7 Å². The summed E-state index contributed by atoms with van der Waals surface area (Å²) in [5.41, 5.74) is -1.30. The molecular weight excluding hydrogens is 222 g/mol. The first-order valence-electron chi connectivity index (χ1n) is 5.97. The van der Waals surface area contributed by atoms with Crippen molar-refractivity contribution in [3.05, 3.63) is 12.2 Å². The zero-order chi connectivity index (χ0) is 12.5. The van der Waals surface area contributed by atoms with Gasteiger partial charge in [0, 0.05) is 5.92 Å². The minimum Gasteiger partial charge on any atom is -0.394 e. The second-order valence-corrected chi connectivity index (χ2v) is 5.13. The fourth-order valence-corrected chi connectivity index (χ4v) is 2.70. The van der Waals surface area contributed by atoms with Crippen LogP contribution in [0.3, 0.4) is 0 Å². The lowest BCUT2D eigenvalue weighted by Crippen LogP contribution is -2.58. The molecule has 1 saturated carbocycles. The van der Waals surface area contributed by atoms with Gasteiger partial charge in [-0.2, -0.15) is 0 Å². The predicted octanol–water partition coefficient (Wildman–Crippen LogP) is -0.970. The third-order valence-corrected chi connectivity index (χ3v) is 3.91. The molecule has 0 aromatic heterocycles. The molecule has 3 atom stereocenters. The Bertz CT molecular complexity index is 316. The van der Waals surface area contributed by atoms with Gasteiger partial charge < -0.3 is 20.6 Å². The Morgan fingerprint density at radius 3 is 2.24 bits per heavy atom. The molecule has 1 fully saturated rings. The Morgan fingerprint density at radius 1 is 1.18 bits per heavy atom. The molecule has 0 heterocycles. The lowest BCUT2D eigenvalue weighted by molar-refractivity contribution is -0.130. The average molecular weight is 241 g/mol. The van der Waals surface area contributed by atoms with Crippen molar-refractivity contribution in [2.24, 2.45) is 17.8 Å². The molecule has 0 spiro atoms. The molecule has 5 nitrogen and oxygen atoms in total. The Balaban J connectivity index is 1.99. The first-order chi connectivity index (χ1) is 8.14. The largest absolute Gasteiger partial charge is 0.394 e. The van der Waals surface area contributed by atoms with E-state index in [0.29, 0.717) is 5.92 Å². The van der Waals surface area contributed by atoms with Gasteiger partial charge in [-0.05, 0) is 24.7 Å². The summed E-state index contributed by atoms with van der Waals surface area (Å²) in [6.45, 7) is -1.41. The Morgan fingerprint density at radius 2 is 1.82 bits per heavy atom. The number of nitrogens with one attached hydrogen (secondary N) is 1. The van der Waals surface area contributed by atoms with Crippen molar-refractivity contribution in [2.75, 3.05) is 19.8 Å². The number of aliphatic hydroxyl groups is 3. The van der Waals surface area contributed by atoms with Crippen LogP contribution in [0.15, 0.2) is 12.2 Å². The molecular formula is C12H19NO4. The van der Waals surface area contributed by atoms with Crippen molar-refractivity contribution >= 4 is 5.91 Å². The molecule has 5 heteroatoms. The van der Waals surface area contributed by atoms with E-state index in [1.54, 1.807) is 0 Å². The van der Waals surface area contributed by atoms with Gasteiger partial charge in [0.2, 0.25) is 5.91 Å². The molecule has 0 radical (unpaired) electrons. The highest BCUT2D eigenvalue weighted by Gasteiger charge is 2.42. The van der Waals surface area contributed by atoms with Gasteiger partial charge in [-0.3, -0.25) is 4.79 Å². The SMILES string of the molecule is O=C(NC(CO)(CO)CO)C1CC2C=CC1C2. The standard InChI is InChI=1S/C12H19NO4/c14-5-12(6-15,7-16)13-11(17)10-4-8-1-2-9(10)3-8/h1-2,8-10,14-16H,3-7H2,(H,13,17). The fraction of sp³-hybridized carbons (Fsp3) is 0.750. The maximum Gasteiger partial charge on any atom is 0.224 e. The molecule has 0 aromatic carbocycles. The van der Waals surface area contributed by atoms with Gasteiger partial charge in [-0.15, -0.1) is 0 Å². The van der Waals surface area contributed by atoms with E-state index in [2.05, 4.69) is 17.5 Å². The van der Waals surface area contributed by atoms with E-state index >= 15 is 0 Å². The summed E-state index contributed by atoms with van der Waals surface area (Å²) in [5, 5.41) is 30.0. The number of rotatable bonds is 5. The van der Waals surface area contributed by atoms with Crippen LogP contribution in [0, 0.1) is 17.8 Å². The topological polar surface area (TPSA) is 89.8 Å². The number of fused-ring (bicyclic) bond motifs is 2. The minimum atomic E-state index is -1.30. The van der Waals surface area contributed by atoms with Crippen LogP contribution in [0.2, 0.25) is 0 Å². The van der Waals surface area contributed by atoms with Crippen molar-refractivity contribution in [3.63, 3.8) is 0 Å². The Labute approximate surface area is 100 Å².